The van der Waals surface area contributed by atoms with Crippen molar-refractivity contribution in [1.82, 2.24) is 5.32 Å². The Kier molecular flexibility index (Phi) is 4.93. The molecule has 1 atom stereocenters. The lowest BCUT2D eigenvalue weighted by Crippen LogP contribution is -2.24. The van der Waals surface area contributed by atoms with Gasteiger partial charge in [-0.15, -0.1) is 11.3 Å². The summed E-state index contributed by atoms with van der Waals surface area (Å²) in [7, 11) is 0. The fourth-order valence-electron chi connectivity index (χ4n) is 2.15. The maximum atomic E-state index is 11.0. The highest BCUT2D eigenvalue weighted by Gasteiger charge is 2.15. The molecule has 0 saturated heterocycles. The van der Waals surface area contributed by atoms with Gasteiger partial charge in [0.25, 0.3) is 0 Å². The first kappa shape index (κ1) is 14.8. The van der Waals surface area contributed by atoms with Crippen LogP contribution in [0.4, 0.5) is 0 Å². The summed E-state index contributed by atoms with van der Waals surface area (Å²) in [5, 5.41) is 5.69. The van der Waals surface area contributed by atoms with Gasteiger partial charge in [0.15, 0.2) is 0 Å². The average Bonchev–Trinajstić information content (AvgIpc) is 2.93. The first-order valence-electron chi connectivity index (χ1n) is 6.73. The summed E-state index contributed by atoms with van der Waals surface area (Å²) in [4.78, 5) is 12.4. The lowest BCUT2D eigenvalue weighted by atomic mass is 10.0. The smallest absolute Gasteiger partial charge is 0.248 e. The van der Waals surface area contributed by atoms with Crippen LogP contribution in [0.2, 0.25) is 0 Å². The molecule has 0 radical (unpaired) electrons. The van der Waals surface area contributed by atoms with E-state index in [0.29, 0.717) is 17.5 Å². The van der Waals surface area contributed by atoms with Gasteiger partial charge < -0.3 is 11.1 Å². The molecule has 1 unspecified atom stereocenters. The molecule has 20 heavy (non-hydrogen) atoms. The summed E-state index contributed by atoms with van der Waals surface area (Å²) in [6.45, 7) is 5.21. The summed E-state index contributed by atoms with van der Waals surface area (Å²) in [5.41, 5.74) is 6.94. The number of hydrogen-bond acceptors (Lipinski definition) is 3. The minimum atomic E-state index is -0.386. The maximum Gasteiger partial charge on any atom is 0.248 e. The van der Waals surface area contributed by atoms with Gasteiger partial charge in [0, 0.05) is 23.0 Å². The summed E-state index contributed by atoms with van der Waals surface area (Å²) in [5.74, 6) is 0.140. The van der Waals surface area contributed by atoms with Gasteiger partial charge in [-0.3, -0.25) is 4.79 Å². The van der Waals surface area contributed by atoms with Crippen molar-refractivity contribution in [3.8, 4) is 0 Å². The minimum absolute atomic E-state index is 0.353. The Morgan fingerprint density at radius 1 is 1.25 bits per heavy atom. The van der Waals surface area contributed by atoms with Gasteiger partial charge in [0.05, 0.1) is 0 Å². The van der Waals surface area contributed by atoms with E-state index in [1.807, 2.05) is 12.1 Å². The first-order valence-corrected chi connectivity index (χ1v) is 7.61. The molecular formula is C16H20N2OS. The molecule has 1 aromatic heterocycles. The number of rotatable bonds is 6. The fourth-order valence-corrected chi connectivity index (χ4v) is 3.12. The molecule has 1 aromatic carbocycles. The van der Waals surface area contributed by atoms with Crippen LogP contribution in [0, 0.1) is 5.92 Å². The second-order valence-corrected chi connectivity index (χ2v) is 6.16. The Hall–Kier alpha value is -1.65. The summed E-state index contributed by atoms with van der Waals surface area (Å²) in [6.07, 6.45) is 0. The second kappa shape index (κ2) is 6.68. The van der Waals surface area contributed by atoms with E-state index in [9.17, 15) is 4.79 Å². The van der Waals surface area contributed by atoms with Crippen LogP contribution in [-0.4, -0.2) is 5.91 Å². The van der Waals surface area contributed by atoms with Crippen LogP contribution in [0.25, 0.3) is 0 Å². The van der Waals surface area contributed by atoms with Crippen molar-refractivity contribution in [2.45, 2.75) is 26.4 Å². The first-order chi connectivity index (χ1) is 9.58. The Morgan fingerprint density at radius 2 is 1.95 bits per heavy atom. The maximum absolute atomic E-state index is 11.0. The quantitative estimate of drug-likeness (QED) is 0.856. The SMILES string of the molecule is CC(C)C(NCc1ccc(C(N)=O)cc1)c1cccs1. The fraction of sp³-hybridized carbons (Fsp3) is 0.312. The third-order valence-corrected chi connectivity index (χ3v) is 4.24. The molecule has 0 bridgehead atoms. The number of carbonyl (C=O) groups excluding carboxylic acids is 1. The van der Waals surface area contributed by atoms with Crippen LogP contribution in [0.5, 0.6) is 0 Å². The predicted molar refractivity (Wildman–Crippen MR) is 83.7 cm³/mol. The number of thiophene rings is 1. The molecule has 3 N–H and O–H groups in total. The van der Waals surface area contributed by atoms with Crippen molar-refractivity contribution in [3.05, 3.63) is 57.8 Å². The van der Waals surface area contributed by atoms with Gasteiger partial charge in [-0.25, -0.2) is 0 Å². The van der Waals surface area contributed by atoms with E-state index in [1.54, 1.807) is 23.5 Å². The molecule has 0 aliphatic rings. The number of amides is 1. The molecule has 1 heterocycles. The standard InChI is InChI=1S/C16H20N2OS/c1-11(2)15(14-4-3-9-20-14)18-10-12-5-7-13(8-6-12)16(17)19/h3-9,11,15,18H,10H2,1-2H3,(H2,17,19). The van der Waals surface area contributed by atoms with E-state index in [4.69, 9.17) is 5.73 Å². The summed E-state index contributed by atoms with van der Waals surface area (Å²) >= 11 is 1.78. The zero-order valence-electron chi connectivity index (χ0n) is 11.8. The predicted octanol–water partition coefficient (Wildman–Crippen LogP) is 3.33. The molecule has 0 saturated carbocycles. The average molecular weight is 288 g/mol. The second-order valence-electron chi connectivity index (χ2n) is 5.18. The van der Waals surface area contributed by atoms with E-state index in [-0.39, 0.29) is 5.91 Å². The van der Waals surface area contributed by atoms with Crippen LogP contribution in [0.1, 0.15) is 40.7 Å². The minimum Gasteiger partial charge on any atom is -0.366 e. The molecule has 1 amide bonds. The van der Waals surface area contributed by atoms with Crippen molar-refractivity contribution in [1.29, 1.82) is 0 Å². The topological polar surface area (TPSA) is 55.1 Å². The lowest BCUT2D eigenvalue weighted by Gasteiger charge is -2.21. The number of nitrogens with one attached hydrogen (secondary N) is 1. The van der Waals surface area contributed by atoms with Gasteiger partial charge in [0.1, 0.15) is 0 Å². The summed E-state index contributed by atoms with van der Waals surface area (Å²) in [6, 6.07) is 12.0. The Labute approximate surface area is 123 Å². The number of hydrogen-bond donors (Lipinski definition) is 2. The van der Waals surface area contributed by atoms with Crippen LogP contribution >= 0.6 is 11.3 Å². The van der Waals surface area contributed by atoms with Crippen molar-refractivity contribution >= 4 is 17.2 Å². The third kappa shape index (κ3) is 3.68. The zero-order valence-corrected chi connectivity index (χ0v) is 12.6. The molecule has 0 aliphatic heterocycles. The van der Waals surface area contributed by atoms with Crippen molar-refractivity contribution in [2.24, 2.45) is 11.7 Å². The van der Waals surface area contributed by atoms with Crippen LogP contribution < -0.4 is 11.1 Å². The molecule has 4 heteroatoms. The van der Waals surface area contributed by atoms with E-state index >= 15 is 0 Å². The zero-order chi connectivity index (χ0) is 14.5. The van der Waals surface area contributed by atoms with Gasteiger partial charge >= 0.3 is 0 Å². The third-order valence-electron chi connectivity index (χ3n) is 3.28. The number of primary amides is 1. The van der Waals surface area contributed by atoms with Crippen LogP contribution in [-0.2, 0) is 6.54 Å². The van der Waals surface area contributed by atoms with Gasteiger partial charge in [-0.1, -0.05) is 32.0 Å². The number of benzene rings is 1. The van der Waals surface area contributed by atoms with Crippen LogP contribution in [0.15, 0.2) is 41.8 Å². The Morgan fingerprint density at radius 3 is 2.45 bits per heavy atom. The monoisotopic (exact) mass is 288 g/mol. The molecule has 0 aliphatic carbocycles. The molecule has 0 fully saturated rings. The van der Waals surface area contributed by atoms with Gasteiger partial charge in [-0.05, 0) is 35.1 Å². The molecule has 3 nitrogen and oxygen atoms in total. The highest BCUT2D eigenvalue weighted by atomic mass is 32.1. The molecule has 2 rings (SSSR count). The Bertz CT molecular complexity index is 546. The summed E-state index contributed by atoms with van der Waals surface area (Å²) < 4.78 is 0. The van der Waals surface area contributed by atoms with Crippen molar-refractivity contribution in [2.75, 3.05) is 0 Å². The molecule has 106 valence electrons. The van der Waals surface area contributed by atoms with E-state index < -0.39 is 0 Å². The number of nitrogens with two attached hydrogens (primary N) is 1. The van der Waals surface area contributed by atoms with Gasteiger partial charge in [0.2, 0.25) is 5.91 Å². The Balaban J connectivity index is 2.01. The molecule has 0 spiro atoms. The molecular weight excluding hydrogens is 268 g/mol. The van der Waals surface area contributed by atoms with Gasteiger partial charge in [-0.2, -0.15) is 0 Å². The normalized spacial score (nSPS) is 12.6. The highest BCUT2D eigenvalue weighted by molar-refractivity contribution is 7.10. The lowest BCUT2D eigenvalue weighted by molar-refractivity contribution is 0.100. The van der Waals surface area contributed by atoms with Crippen molar-refractivity contribution in [3.63, 3.8) is 0 Å². The molecule has 2 aromatic rings. The van der Waals surface area contributed by atoms with Crippen LogP contribution in [0.3, 0.4) is 0 Å². The van der Waals surface area contributed by atoms with Crippen molar-refractivity contribution < 1.29 is 4.79 Å². The van der Waals surface area contributed by atoms with E-state index in [1.165, 1.54) is 4.88 Å². The van der Waals surface area contributed by atoms with E-state index in [2.05, 4.69) is 36.7 Å². The highest BCUT2D eigenvalue weighted by Crippen LogP contribution is 2.26. The largest absolute Gasteiger partial charge is 0.366 e. The van der Waals surface area contributed by atoms with E-state index in [0.717, 1.165) is 12.1 Å². The number of carbonyl (C=O) groups is 1.